The SMILES string of the molecule is CC(C)(C)CC(C)(C)[C@@H](N)C[C@H](O)OP(O)O. The van der Waals surface area contributed by atoms with Crippen LogP contribution in [0, 0.1) is 10.8 Å². The second kappa shape index (κ2) is 6.41. The molecule has 0 rings (SSSR count). The Balaban J connectivity index is 4.33. The molecule has 0 saturated carbocycles. The minimum atomic E-state index is -2.54. The predicted molar refractivity (Wildman–Crippen MR) is 68.9 cm³/mol. The van der Waals surface area contributed by atoms with Gasteiger partial charge in [0.1, 0.15) is 0 Å². The van der Waals surface area contributed by atoms with E-state index in [1.165, 1.54) is 0 Å². The minimum absolute atomic E-state index is 0.146. The molecule has 0 aliphatic carbocycles. The quantitative estimate of drug-likeness (QED) is 0.434. The molecule has 0 saturated heterocycles. The van der Waals surface area contributed by atoms with E-state index in [-0.39, 0.29) is 23.3 Å². The molecule has 0 spiro atoms. The smallest absolute Gasteiger partial charge is 0.329 e. The van der Waals surface area contributed by atoms with Gasteiger partial charge in [-0.2, -0.15) is 0 Å². The lowest BCUT2D eigenvalue weighted by Gasteiger charge is -2.37. The third kappa shape index (κ3) is 8.03. The lowest BCUT2D eigenvalue weighted by atomic mass is 9.71. The van der Waals surface area contributed by atoms with E-state index in [4.69, 9.17) is 15.5 Å². The Morgan fingerprint density at radius 2 is 1.65 bits per heavy atom. The zero-order valence-electron chi connectivity index (χ0n) is 11.3. The Morgan fingerprint density at radius 1 is 1.18 bits per heavy atom. The van der Waals surface area contributed by atoms with Crippen molar-refractivity contribution in [2.75, 3.05) is 0 Å². The van der Waals surface area contributed by atoms with Crippen LogP contribution in [-0.4, -0.2) is 27.2 Å². The minimum Gasteiger partial charge on any atom is -0.367 e. The van der Waals surface area contributed by atoms with Crippen LogP contribution in [0.1, 0.15) is 47.5 Å². The van der Waals surface area contributed by atoms with Crippen LogP contribution in [0.25, 0.3) is 0 Å². The van der Waals surface area contributed by atoms with Gasteiger partial charge in [-0.05, 0) is 17.3 Å². The Kier molecular flexibility index (Phi) is 6.50. The van der Waals surface area contributed by atoms with E-state index < -0.39 is 14.9 Å². The summed E-state index contributed by atoms with van der Waals surface area (Å²) >= 11 is 0. The molecule has 0 heterocycles. The van der Waals surface area contributed by atoms with Gasteiger partial charge < -0.3 is 20.6 Å². The number of hydrogen-bond donors (Lipinski definition) is 4. The second-order valence-corrected chi connectivity index (χ2v) is 7.10. The summed E-state index contributed by atoms with van der Waals surface area (Å²) in [5, 5.41) is 9.45. The fourth-order valence-corrected chi connectivity index (χ4v) is 2.49. The molecular weight excluding hydrogens is 241 g/mol. The molecule has 0 unspecified atom stereocenters. The van der Waals surface area contributed by atoms with Crippen LogP contribution >= 0.6 is 8.60 Å². The van der Waals surface area contributed by atoms with Gasteiger partial charge in [-0.1, -0.05) is 34.6 Å². The van der Waals surface area contributed by atoms with E-state index in [1.54, 1.807) is 0 Å². The third-order valence-corrected chi connectivity index (χ3v) is 3.09. The fourth-order valence-electron chi connectivity index (χ4n) is 2.19. The summed E-state index contributed by atoms with van der Waals surface area (Å²) in [6.07, 6.45) is -0.144. The average molecular weight is 267 g/mol. The molecule has 0 aliphatic heterocycles. The normalized spacial score (nSPS) is 17.3. The topological polar surface area (TPSA) is 95.9 Å². The molecule has 0 aromatic heterocycles. The summed E-state index contributed by atoms with van der Waals surface area (Å²) in [7, 11) is -2.54. The first-order chi connectivity index (χ1) is 7.44. The van der Waals surface area contributed by atoms with E-state index in [9.17, 15) is 5.11 Å². The van der Waals surface area contributed by atoms with Gasteiger partial charge in [-0.15, -0.1) is 0 Å². The summed E-state index contributed by atoms with van der Waals surface area (Å²) < 4.78 is 4.50. The molecule has 0 aromatic carbocycles. The molecule has 0 aromatic rings. The fraction of sp³-hybridized carbons (Fsp3) is 1.00. The van der Waals surface area contributed by atoms with Crippen molar-refractivity contribution in [2.45, 2.75) is 59.8 Å². The van der Waals surface area contributed by atoms with Crippen molar-refractivity contribution < 1.29 is 19.4 Å². The number of aliphatic hydroxyl groups excluding tert-OH is 1. The first kappa shape index (κ1) is 17.2. The van der Waals surface area contributed by atoms with Crippen LogP contribution in [0.2, 0.25) is 0 Å². The van der Waals surface area contributed by atoms with Crippen LogP contribution in [0.4, 0.5) is 0 Å². The van der Waals surface area contributed by atoms with Crippen LogP contribution < -0.4 is 5.73 Å². The van der Waals surface area contributed by atoms with Crippen molar-refractivity contribution in [1.82, 2.24) is 0 Å². The summed E-state index contributed by atoms with van der Waals surface area (Å²) in [6, 6.07) is -0.272. The zero-order chi connectivity index (χ0) is 13.9. The molecule has 0 aliphatic rings. The summed E-state index contributed by atoms with van der Waals surface area (Å²) in [6.45, 7) is 10.5. The highest BCUT2D eigenvalue weighted by Gasteiger charge is 2.33. The van der Waals surface area contributed by atoms with Gasteiger partial charge in [-0.25, -0.2) is 0 Å². The Morgan fingerprint density at radius 3 is 2.00 bits per heavy atom. The second-order valence-electron chi connectivity index (χ2n) is 6.38. The first-order valence-corrected chi connectivity index (χ1v) is 6.89. The monoisotopic (exact) mass is 267 g/mol. The van der Waals surface area contributed by atoms with Crippen LogP contribution in [0.3, 0.4) is 0 Å². The average Bonchev–Trinajstić information content (AvgIpc) is 1.96. The highest BCUT2D eigenvalue weighted by atomic mass is 31.2. The molecule has 6 heteroatoms. The van der Waals surface area contributed by atoms with Crippen molar-refractivity contribution in [3.05, 3.63) is 0 Å². The van der Waals surface area contributed by atoms with Crippen LogP contribution in [-0.2, 0) is 4.52 Å². The lowest BCUT2D eigenvalue weighted by Crippen LogP contribution is -2.42. The molecule has 0 radical (unpaired) electrons. The standard InChI is InChI=1S/C11H26NO4P/c1-10(2,3)7-11(4,5)8(12)6-9(13)16-17(14)15/h8-9,13-15H,6-7,12H2,1-5H3/t8-,9+/m0/s1. The maximum atomic E-state index is 9.45. The van der Waals surface area contributed by atoms with Gasteiger partial charge >= 0.3 is 8.60 Å². The van der Waals surface area contributed by atoms with Crippen molar-refractivity contribution in [2.24, 2.45) is 16.6 Å². The molecule has 104 valence electrons. The van der Waals surface area contributed by atoms with E-state index in [1.807, 2.05) is 13.8 Å². The van der Waals surface area contributed by atoms with Crippen molar-refractivity contribution >= 4 is 8.60 Å². The van der Waals surface area contributed by atoms with Crippen molar-refractivity contribution in [1.29, 1.82) is 0 Å². The summed E-state index contributed by atoms with van der Waals surface area (Å²) in [4.78, 5) is 17.2. The predicted octanol–water partition coefficient (Wildman–Crippen LogP) is 1.71. The molecule has 5 N–H and O–H groups in total. The van der Waals surface area contributed by atoms with E-state index in [2.05, 4.69) is 25.3 Å². The largest absolute Gasteiger partial charge is 0.367 e. The Labute approximate surface area is 105 Å². The van der Waals surface area contributed by atoms with E-state index in [0.29, 0.717) is 0 Å². The van der Waals surface area contributed by atoms with Crippen molar-refractivity contribution in [3.63, 3.8) is 0 Å². The third-order valence-electron chi connectivity index (χ3n) is 2.66. The molecule has 0 bridgehead atoms. The summed E-state index contributed by atoms with van der Waals surface area (Å²) in [5.41, 5.74) is 6.03. The van der Waals surface area contributed by atoms with E-state index >= 15 is 0 Å². The van der Waals surface area contributed by atoms with Gasteiger partial charge in [-0.3, -0.25) is 4.52 Å². The highest BCUT2D eigenvalue weighted by molar-refractivity contribution is 7.39. The van der Waals surface area contributed by atoms with Gasteiger partial charge in [0.2, 0.25) is 0 Å². The molecule has 0 amide bonds. The maximum Gasteiger partial charge on any atom is 0.329 e. The van der Waals surface area contributed by atoms with Crippen LogP contribution in [0.5, 0.6) is 0 Å². The van der Waals surface area contributed by atoms with E-state index in [0.717, 1.165) is 6.42 Å². The van der Waals surface area contributed by atoms with Gasteiger partial charge in [0, 0.05) is 12.5 Å². The number of aliphatic hydroxyl groups is 1. The zero-order valence-corrected chi connectivity index (χ0v) is 12.2. The summed E-state index contributed by atoms with van der Waals surface area (Å²) in [5.74, 6) is 0. The Bertz CT molecular complexity index is 228. The lowest BCUT2D eigenvalue weighted by molar-refractivity contribution is -0.0446. The molecule has 17 heavy (non-hydrogen) atoms. The molecular formula is C11H26NO4P. The first-order valence-electron chi connectivity index (χ1n) is 5.72. The number of rotatable bonds is 6. The van der Waals surface area contributed by atoms with Crippen molar-refractivity contribution in [3.8, 4) is 0 Å². The van der Waals surface area contributed by atoms with Crippen LogP contribution in [0.15, 0.2) is 0 Å². The number of hydrogen-bond acceptors (Lipinski definition) is 5. The maximum absolute atomic E-state index is 9.45. The van der Waals surface area contributed by atoms with Gasteiger partial charge in [0.15, 0.2) is 6.29 Å². The van der Waals surface area contributed by atoms with Gasteiger partial charge in [0.05, 0.1) is 0 Å². The molecule has 0 fully saturated rings. The molecule has 5 nitrogen and oxygen atoms in total. The van der Waals surface area contributed by atoms with Gasteiger partial charge in [0.25, 0.3) is 0 Å². The molecule has 2 atom stereocenters. The Hall–Kier alpha value is 0.230. The highest BCUT2D eigenvalue weighted by Crippen LogP contribution is 2.37. The number of nitrogens with two attached hydrogens (primary N) is 1.